The zero-order valence-electron chi connectivity index (χ0n) is 12.3. The number of amides is 1. The van der Waals surface area contributed by atoms with Crippen LogP contribution in [0.1, 0.15) is 19.8 Å². The average Bonchev–Trinajstić information content (AvgIpc) is 2.42. The molecule has 6 nitrogen and oxygen atoms in total. The highest BCUT2D eigenvalue weighted by Crippen LogP contribution is 2.26. The van der Waals surface area contributed by atoms with Gasteiger partial charge in [0.15, 0.2) is 0 Å². The second kappa shape index (κ2) is 6.95. The van der Waals surface area contributed by atoms with E-state index < -0.39 is 16.1 Å². The lowest BCUT2D eigenvalue weighted by Gasteiger charge is -2.35. The number of carbonyl (C=O) groups is 1. The molecule has 1 atom stereocenters. The lowest BCUT2D eigenvalue weighted by atomic mass is 9.80. The minimum absolute atomic E-state index is 0.0726. The smallest absolute Gasteiger partial charge is 0.241 e. The first-order valence-corrected chi connectivity index (χ1v) is 8.96. The van der Waals surface area contributed by atoms with Crippen LogP contribution in [0.4, 0.5) is 0 Å². The van der Waals surface area contributed by atoms with Gasteiger partial charge >= 0.3 is 0 Å². The Bertz CT molecular complexity index is 627. The van der Waals surface area contributed by atoms with Crippen LogP contribution in [0.3, 0.4) is 0 Å². The van der Waals surface area contributed by atoms with E-state index in [1.807, 2.05) is 0 Å². The SMILES string of the molecule is CC(NS(=O)(=O)c1ccc(Cl)cc1)C(=O)NC1CC(CN)C1. The highest BCUT2D eigenvalue weighted by atomic mass is 35.5. The molecule has 0 saturated heterocycles. The summed E-state index contributed by atoms with van der Waals surface area (Å²) in [6.07, 6.45) is 1.69. The summed E-state index contributed by atoms with van der Waals surface area (Å²) in [7, 11) is -3.75. The van der Waals surface area contributed by atoms with E-state index in [9.17, 15) is 13.2 Å². The highest BCUT2D eigenvalue weighted by molar-refractivity contribution is 7.89. The first-order chi connectivity index (χ1) is 10.3. The van der Waals surface area contributed by atoms with E-state index in [2.05, 4.69) is 10.0 Å². The van der Waals surface area contributed by atoms with E-state index in [0.29, 0.717) is 17.5 Å². The van der Waals surface area contributed by atoms with Crippen molar-refractivity contribution in [1.29, 1.82) is 0 Å². The molecular formula is C14H20ClN3O3S. The molecule has 0 aliphatic heterocycles. The predicted octanol–water partition coefficient (Wildman–Crippen LogP) is 0.860. The molecule has 1 aromatic rings. The Hall–Kier alpha value is -1.15. The van der Waals surface area contributed by atoms with Crippen LogP contribution in [-0.2, 0) is 14.8 Å². The minimum Gasteiger partial charge on any atom is -0.352 e. The number of rotatable bonds is 6. The molecule has 0 heterocycles. The number of sulfonamides is 1. The van der Waals surface area contributed by atoms with Crippen LogP contribution in [0.15, 0.2) is 29.2 Å². The van der Waals surface area contributed by atoms with Crippen LogP contribution in [-0.4, -0.2) is 33.0 Å². The molecule has 0 aromatic heterocycles. The fourth-order valence-corrected chi connectivity index (χ4v) is 3.67. The van der Waals surface area contributed by atoms with Crippen molar-refractivity contribution in [3.05, 3.63) is 29.3 Å². The molecule has 1 unspecified atom stereocenters. The third-order valence-electron chi connectivity index (χ3n) is 3.76. The number of carbonyl (C=O) groups excluding carboxylic acids is 1. The fraction of sp³-hybridized carbons (Fsp3) is 0.500. The Morgan fingerprint density at radius 3 is 2.50 bits per heavy atom. The van der Waals surface area contributed by atoms with Crippen LogP contribution in [0.2, 0.25) is 5.02 Å². The van der Waals surface area contributed by atoms with E-state index in [0.717, 1.165) is 12.8 Å². The summed E-state index contributed by atoms with van der Waals surface area (Å²) in [5, 5.41) is 3.27. The van der Waals surface area contributed by atoms with E-state index in [4.69, 9.17) is 17.3 Å². The van der Waals surface area contributed by atoms with Crippen molar-refractivity contribution >= 4 is 27.5 Å². The molecule has 4 N–H and O–H groups in total. The molecule has 1 aliphatic carbocycles. The quantitative estimate of drug-likeness (QED) is 0.711. The van der Waals surface area contributed by atoms with Crippen LogP contribution in [0.25, 0.3) is 0 Å². The van der Waals surface area contributed by atoms with Gasteiger partial charge in [-0.2, -0.15) is 4.72 Å². The first kappa shape index (κ1) is 17.2. The number of benzene rings is 1. The van der Waals surface area contributed by atoms with Crippen molar-refractivity contribution in [1.82, 2.24) is 10.0 Å². The zero-order chi connectivity index (χ0) is 16.3. The van der Waals surface area contributed by atoms with Crippen molar-refractivity contribution < 1.29 is 13.2 Å². The Kier molecular flexibility index (Phi) is 5.44. The number of hydrogen-bond acceptors (Lipinski definition) is 4. The predicted molar refractivity (Wildman–Crippen MR) is 84.9 cm³/mol. The van der Waals surface area contributed by atoms with Gasteiger partial charge in [0.1, 0.15) is 0 Å². The second-order valence-electron chi connectivity index (χ2n) is 5.58. The summed E-state index contributed by atoms with van der Waals surface area (Å²) >= 11 is 5.73. The van der Waals surface area contributed by atoms with Crippen LogP contribution in [0.5, 0.6) is 0 Å². The lowest BCUT2D eigenvalue weighted by Crippen LogP contribution is -2.52. The number of hydrogen-bond donors (Lipinski definition) is 3. The number of nitrogens with one attached hydrogen (secondary N) is 2. The molecule has 1 aromatic carbocycles. The second-order valence-corrected chi connectivity index (χ2v) is 7.73. The molecule has 1 aliphatic rings. The van der Waals surface area contributed by atoms with Crippen molar-refractivity contribution in [2.75, 3.05) is 6.54 Å². The summed E-state index contributed by atoms with van der Waals surface area (Å²) < 4.78 is 26.7. The molecule has 8 heteroatoms. The summed E-state index contributed by atoms with van der Waals surface area (Å²) in [6.45, 7) is 2.13. The van der Waals surface area contributed by atoms with Gasteiger partial charge in [0.05, 0.1) is 10.9 Å². The van der Waals surface area contributed by atoms with Gasteiger partial charge in [-0.15, -0.1) is 0 Å². The fourth-order valence-electron chi connectivity index (χ4n) is 2.34. The van der Waals surface area contributed by atoms with Gasteiger partial charge in [-0.25, -0.2) is 8.42 Å². The van der Waals surface area contributed by atoms with E-state index in [-0.39, 0.29) is 16.8 Å². The Morgan fingerprint density at radius 2 is 1.95 bits per heavy atom. The maximum absolute atomic E-state index is 12.2. The van der Waals surface area contributed by atoms with Crippen LogP contribution < -0.4 is 15.8 Å². The molecule has 122 valence electrons. The number of halogens is 1. The first-order valence-electron chi connectivity index (χ1n) is 7.10. The zero-order valence-corrected chi connectivity index (χ0v) is 13.8. The van der Waals surface area contributed by atoms with Crippen molar-refractivity contribution in [3.8, 4) is 0 Å². The van der Waals surface area contributed by atoms with Gasteiger partial charge in [-0.3, -0.25) is 4.79 Å². The monoisotopic (exact) mass is 345 g/mol. The van der Waals surface area contributed by atoms with E-state index in [1.54, 1.807) is 0 Å². The summed E-state index contributed by atoms with van der Waals surface area (Å²) in [6, 6.07) is 5.01. The molecule has 1 amide bonds. The Balaban J connectivity index is 1.91. The highest BCUT2D eigenvalue weighted by Gasteiger charge is 2.31. The summed E-state index contributed by atoms with van der Waals surface area (Å²) in [4.78, 5) is 12.1. The van der Waals surface area contributed by atoms with Crippen molar-refractivity contribution in [3.63, 3.8) is 0 Å². The molecule has 0 spiro atoms. The Labute approximate surface area is 135 Å². The van der Waals surface area contributed by atoms with Gasteiger partial charge in [0.2, 0.25) is 15.9 Å². The normalized spacial score (nSPS) is 22.7. The standard InChI is InChI=1S/C14H20ClN3O3S/c1-9(14(19)17-12-6-10(7-12)8-16)18-22(20,21)13-4-2-11(15)3-5-13/h2-5,9-10,12,18H,6-8,16H2,1H3,(H,17,19). The topological polar surface area (TPSA) is 101 Å². The van der Waals surface area contributed by atoms with E-state index >= 15 is 0 Å². The summed E-state index contributed by atoms with van der Waals surface area (Å²) in [5.41, 5.74) is 5.53. The molecule has 22 heavy (non-hydrogen) atoms. The number of nitrogens with two attached hydrogens (primary N) is 1. The Morgan fingerprint density at radius 1 is 1.36 bits per heavy atom. The van der Waals surface area contributed by atoms with E-state index in [1.165, 1.54) is 31.2 Å². The molecule has 0 radical (unpaired) electrons. The van der Waals surface area contributed by atoms with Gasteiger partial charge in [0, 0.05) is 11.1 Å². The van der Waals surface area contributed by atoms with Crippen molar-refractivity contribution in [2.24, 2.45) is 11.7 Å². The maximum Gasteiger partial charge on any atom is 0.241 e. The van der Waals surface area contributed by atoms with Gasteiger partial charge in [0.25, 0.3) is 0 Å². The average molecular weight is 346 g/mol. The molecule has 0 bridgehead atoms. The van der Waals surface area contributed by atoms with Gasteiger partial charge < -0.3 is 11.1 Å². The summed E-state index contributed by atoms with van der Waals surface area (Å²) in [5.74, 6) is 0.115. The van der Waals surface area contributed by atoms with Gasteiger partial charge in [-0.1, -0.05) is 11.6 Å². The molecule has 2 rings (SSSR count). The van der Waals surface area contributed by atoms with Crippen molar-refractivity contribution in [2.45, 2.75) is 36.7 Å². The van der Waals surface area contributed by atoms with Crippen LogP contribution >= 0.6 is 11.6 Å². The third kappa shape index (κ3) is 4.19. The molecule has 1 saturated carbocycles. The van der Waals surface area contributed by atoms with Gasteiger partial charge in [-0.05, 0) is 56.5 Å². The minimum atomic E-state index is -3.75. The van der Waals surface area contributed by atoms with Crippen LogP contribution in [0, 0.1) is 5.92 Å². The lowest BCUT2D eigenvalue weighted by molar-refractivity contribution is -0.123. The molecule has 1 fully saturated rings. The molecular weight excluding hydrogens is 326 g/mol. The maximum atomic E-state index is 12.2. The third-order valence-corrected chi connectivity index (χ3v) is 5.57. The largest absolute Gasteiger partial charge is 0.352 e.